The van der Waals surface area contributed by atoms with Crippen molar-refractivity contribution in [2.75, 3.05) is 13.7 Å². The van der Waals surface area contributed by atoms with Gasteiger partial charge in [-0.1, -0.05) is 17.7 Å². The maximum absolute atomic E-state index is 12.7. The topological polar surface area (TPSA) is 65.4 Å². The first kappa shape index (κ1) is 18.8. The average Bonchev–Trinajstić information content (AvgIpc) is 3.21. The Kier molecular flexibility index (Phi) is 5.98. The molecule has 0 unspecified atom stereocenters. The number of carbonyl (C=O) groups excluding carboxylic acids is 1. The maximum Gasteiger partial charge on any atom is 0.255 e. The number of nitrogens with one attached hydrogen (secondary N) is 1. The Morgan fingerprint density at radius 1 is 1.26 bits per heavy atom. The fourth-order valence-corrected chi connectivity index (χ4v) is 2.94. The van der Waals surface area contributed by atoms with Gasteiger partial charge in [-0.25, -0.2) is 4.98 Å². The number of rotatable bonds is 7. The molecule has 0 saturated carbocycles. The van der Waals surface area contributed by atoms with E-state index in [1.54, 1.807) is 24.4 Å². The molecule has 0 spiro atoms. The third-order valence-electron chi connectivity index (χ3n) is 3.97. The predicted molar refractivity (Wildman–Crippen MR) is 104 cm³/mol. The number of hydrogen-bond donors (Lipinski definition) is 1. The molecule has 0 bridgehead atoms. The first-order valence-electron chi connectivity index (χ1n) is 8.49. The monoisotopic (exact) mass is 385 g/mol. The van der Waals surface area contributed by atoms with Crippen molar-refractivity contribution >= 4 is 17.5 Å². The zero-order valence-corrected chi connectivity index (χ0v) is 15.9. The lowest BCUT2D eigenvalue weighted by atomic mass is 10.1. The molecule has 140 valence electrons. The smallest absolute Gasteiger partial charge is 0.255 e. The van der Waals surface area contributed by atoms with E-state index in [9.17, 15) is 4.79 Å². The highest BCUT2D eigenvalue weighted by molar-refractivity contribution is 6.33. The summed E-state index contributed by atoms with van der Waals surface area (Å²) in [4.78, 5) is 16.9. The van der Waals surface area contributed by atoms with Crippen molar-refractivity contribution in [3.8, 4) is 17.3 Å². The molecule has 1 N–H and O–H groups in total. The summed E-state index contributed by atoms with van der Waals surface area (Å²) in [5.74, 6) is 0.657. The Balaban J connectivity index is 1.82. The Hall–Kier alpha value is -2.99. The van der Waals surface area contributed by atoms with Gasteiger partial charge in [-0.05, 0) is 31.2 Å². The van der Waals surface area contributed by atoms with Gasteiger partial charge >= 0.3 is 0 Å². The lowest BCUT2D eigenvalue weighted by Gasteiger charge is -2.14. The minimum atomic E-state index is -0.292. The molecule has 3 aromatic rings. The highest BCUT2D eigenvalue weighted by atomic mass is 35.5. The number of benzene rings is 1. The summed E-state index contributed by atoms with van der Waals surface area (Å²) in [6, 6.07) is 10.8. The molecule has 0 aliphatic rings. The Labute approximate surface area is 162 Å². The first-order valence-corrected chi connectivity index (χ1v) is 8.87. The molecular weight excluding hydrogens is 366 g/mol. The molecule has 7 heteroatoms. The van der Waals surface area contributed by atoms with Gasteiger partial charge in [0.25, 0.3) is 5.91 Å². The van der Waals surface area contributed by atoms with Crippen molar-refractivity contribution in [1.82, 2.24) is 14.9 Å². The van der Waals surface area contributed by atoms with Gasteiger partial charge < -0.3 is 19.4 Å². The Bertz CT molecular complexity index is 926. The van der Waals surface area contributed by atoms with E-state index < -0.39 is 0 Å². The fraction of sp³-hybridized carbons (Fsp3) is 0.200. The highest BCUT2D eigenvalue weighted by Gasteiger charge is 2.17. The van der Waals surface area contributed by atoms with Crippen LogP contribution in [0.3, 0.4) is 0 Å². The zero-order chi connectivity index (χ0) is 19.2. The molecule has 1 aromatic carbocycles. The number of methoxy groups -OCH3 is 1. The second-order valence-electron chi connectivity index (χ2n) is 5.68. The van der Waals surface area contributed by atoms with E-state index in [4.69, 9.17) is 21.1 Å². The Morgan fingerprint density at radius 2 is 2.04 bits per heavy atom. The highest BCUT2D eigenvalue weighted by Crippen LogP contribution is 2.30. The Morgan fingerprint density at radius 3 is 2.74 bits per heavy atom. The molecular formula is C20H20ClN3O3. The third-order valence-corrected chi connectivity index (χ3v) is 4.27. The molecule has 1 amide bonds. The summed E-state index contributed by atoms with van der Waals surface area (Å²) < 4.78 is 12.7. The number of amides is 1. The summed E-state index contributed by atoms with van der Waals surface area (Å²) in [5.41, 5.74) is 1.89. The van der Waals surface area contributed by atoms with E-state index in [0.717, 1.165) is 11.3 Å². The first-order chi connectivity index (χ1) is 13.1. The van der Waals surface area contributed by atoms with Gasteiger partial charge in [-0.2, -0.15) is 0 Å². The van der Waals surface area contributed by atoms with Crippen molar-refractivity contribution in [1.29, 1.82) is 0 Å². The van der Waals surface area contributed by atoms with Crippen molar-refractivity contribution < 1.29 is 14.3 Å². The van der Waals surface area contributed by atoms with E-state index in [1.165, 1.54) is 7.11 Å². The molecule has 6 nitrogen and oxygen atoms in total. The molecule has 3 rings (SSSR count). The van der Waals surface area contributed by atoms with E-state index in [1.807, 2.05) is 42.1 Å². The lowest BCUT2D eigenvalue weighted by molar-refractivity contribution is 0.0947. The number of pyridine rings is 1. The van der Waals surface area contributed by atoms with Crippen LogP contribution in [0.2, 0.25) is 5.02 Å². The predicted octanol–water partition coefficient (Wildman–Crippen LogP) is 3.86. The van der Waals surface area contributed by atoms with E-state index in [-0.39, 0.29) is 12.5 Å². The summed E-state index contributed by atoms with van der Waals surface area (Å²) in [6.07, 6.45) is 5.40. The SMILES string of the molecule is CCOc1ncccc1CNC(=O)c1cc(Cl)c(-n2cccc2)cc1OC. The van der Waals surface area contributed by atoms with Gasteiger partial charge in [-0.15, -0.1) is 0 Å². The standard InChI is InChI=1S/C20H20ClN3O3/c1-3-27-20-14(7-6-8-22-20)13-23-19(25)15-11-16(21)17(12-18(15)26-2)24-9-4-5-10-24/h4-12H,3,13H2,1-2H3,(H,23,25). The van der Waals surface area contributed by atoms with Crippen molar-refractivity contribution in [2.24, 2.45) is 0 Å². The second kappa shape index (κ2) is 8.60. The van der Waals surface area contributed by atoms with E-state index >= 15 is 0 Å². The van der Waals surface area contributed by atoms with Crippen LogP contribution in [0, 0.1) is 0 Å². The molecule has 0 aliphatic carbocycles. The minimum Gasteiger partial charge on any atom is -0.496 e. The number of aromatic nitrogens is 2. The molecule has 0 radical (unpaired) electrons. The summed E-state index contributed by atoms with van der Waals surface area (Å²) in [6.45, 7) is 2.67. The second-order valence-corrected chi connectivity index (χ2v) is 6.08. The van der Waals surface area contributed by atoms with Crippen molar-refractivity contribution in [2.45, 2.75) is 13.5 Å². The zero-order valence-electron chi connectivity index (χ0n) is 15.1. The minimum absolute atomic E-state index is 0.280. The van der Waals surface area contributed by atoms with Gasteiger partial charge in [0.2, 0.25) is 5.88 Å². The van der Waals surface area contributed by atoms with Crippen molar-refractivity contribution in [3.63, 3.8) is 0 Å². The molecule has 27 heavy (non-hydrogen) atoms. The van der Waals surface area contributed by atoms with Crippen LogP contribution in [0.4, 0.5) is 0 Å². The van der Waals surface area contributed by atoms with Gasteiger partial charge in [0, 0.05) is 36.8 Å². The maximum atomic E-state index is 12.7. The third kappa shape index (κ3) is 4.23. The molecule has 2 aromatic heterocycles. The fourth-order valence-electron chi connectivity index (χ4n) is 2.68. The number of nitrogens with zero attached hydrogens (tertiary/aromatic N) is 2. The van der Waals surface area contributed by atoms with Crippen molar-refractivity contribution in [3.05, 3.63) is 71.1 Å². The van der Waals surface area contributed by atoms with Crippen LogP contribution in [-0.2, 0) is 6.54 Å². The summed E-state index contributed by atoms with van der Waals surface area (Å²) in [5, 5.41) is 3.32. The van der Waals surface area contributed by atoms with E-state index in [2.05, 4.69) is 10.3 Å². The lowest BCUT2D eigenvalue weighted by Crippen LogP contribution is -2.24. The number of hydrogen-bond acceptors (Lipinski definition) is 4. The van der Waals surface area contributed by atoms with Gasteiger partial charge in [-0.3, -0.25) is 4.79 Å². The average molecular weight is 386 g/mol. The van der Waals surface area contributed by atoms with Crippen LogP contribution in [-0.4, -0.2) is 29.2 Å². The number of ether oxygens (including phenoxy) is 2. The molecule has 0 fully saturated rings. The van der Waals surface area contributed by atoms with Crippen LogP contribution in [0.1, 0.15) is 22.8 Å². The van der Waals surface area contributed by atoms with Crippen LogP contribution < -0.4 is 14.8 Å². The van der Waals surface area contributed by atoms with E-state index in [0.29, 0.717) is 28.8 Å². The molecule has 0 atom stereocenters. The van der Waals surface area contributed by atoms with Gasteiger partial charge in [0.15, 0.2) is 0 Å². The molecule has 0 saturated heterocycles. The van der Waals surface area contributed by atoms with Crippen LogP contribution in [0.5, 0.6) is 11.6 Å². The summed E-state index contributed by atoms with van der Waals surface area (Å²) in [7, 11) is 1.52. The molecule has 2 heterocycles. The van der Waals surface area contributed by atoms with Gasteiger partial charge in [0.05, 0.1) is 30.0 Å². The van der Waals surface area contributed by atoms with Gasteiger partial charge in [0.1, 0.15) is 5.75 Å². The van der Waals surface area contributed by atoms with Crippen LogP contribution >= 0.6 is 11.6 Å². The number of halogens is 1. The quantitative estimate of drug-likeness (QED) is 0.670. The normalized spacial score (nSPS) is 10.5. The largest absolute Gasteiger partial charge is 0.496 e. The van der Waals surface area contributed by atoms with Crippen LogP contribution in [0.15, 0.2) is 55.0 Å². The van der Waals surface area contributed by atoms with Crippen LogP contribution in [0.25, 0.3) is 5.69 Å². The number of carbonyl (C=O) groups is 1. The molecule has 0 aliphatic heterocycles. The summed E-state index contributed by atoms with van der Waals surface area (Å²) >= 11 is 6.39.